The first kappa shape index (κ1) is 19.5. The number of rotatable bonds is 5. The maximum Gasteiger partial charge on any atom is 0.255 e. The number of nitrogens with zero attached hydrogens (tertiary/aromatic N) is 1. The molecule has 30 heavy (non-hydrogen) atoms. The number of para-hydroxylation sites is 2. The molecule has 6 heteroatoms. The summed E-state index contributed by atoms with van der Waals surface area (Å²) < 4.78 is 11.6. The van der Waals surface area contributed by atoms with Crippen LogP contribution >= 0.6 is 0 Å². The van der Waals surface area contributed by atoms with Crippen molar-refractivity contribution in [2.75, 3.05) is 25.5 Å². The Morgan fingerprint density at radius 1 is 0.900 bits per heavy atom. The standard InChI is InChI=1S/C24H22N2O4/c1-26(15-20-16-29-21-9-5-6-10-22(21)30-20)24(28)18-11-13-19(14-12-18)25-23(27)17-7-3-2-4-8-17/h2-14,20H,15-16H2,1H3,(H,25,27)/t20-/m0/s1. The van der Waals surface area contributed by atoms with Crippen molar-refractivity contribution in [3.05, 3.63) is 90.0 Å². The Hall–Kier alpha value is -3.80. The van der Waals surface area contributed by atoms with E-state index in [1.165, 1.54) is 0 Å². The summed E-state index contributed by atoms with van der Waals surface area (Å²) in [6.45, 7) is 0.790. The third kappa shape index (κ3) is 4.43. The van der Waals surface area contributed by atoms with Gasteiger partial charge in [0.1, 0.15) is 6.61 Å². The molecule has 0 aliphatic carbocycles. The Balaban J connectivity index is 1.35. The highest BCUT2D eigenvalue weighted by Crippen LogP contribution is 2.31. The first-order valence-electron chi connectivity index (χ1n) is 9.70. The fourth-order valence-corrected chi connectivity index (χ4v) is 3.25. The Morgan fingerprint density at radius 2 is 1.57 bits per heavy atom. The zero-order valence-electron chi connectivity index (χ0n) is 16.6. The predicted octanol–water partition coefficient (Wildman–Crippen LogP) is 3.85. The van der Waals surface area contributed by atoms with Gasteiger partial charge in [0.15, 0.2) is 17.6 Å². The molecular weight excluding hydrogens is 380 g/mol. The van der Waals surface area contributed by atoms with E-state index < -0.39 is 0 Å². The lowest BCUT2D eigenvalue weighted by Crippen LogP contribution is -2.41. The minimum absolute atomic E-state index is 0.126. The third-order valence-corrected chi connectivity index (χ3v) is 4.82. The summed E-state index contributed by atoms with van der Waals surface area (Å²) in [5.74, 6) is 1.09. The SMILES string of the molecule is CN(C[C@H]1COc2ccccc2O1)C(=O)c1ccc(NC(=O)c2ccccc2)cc1. The molecule has 0 aromatic heterocycles. The summed E-state index contributed by atoms with van der Waals surface area (Å²) in [7, 11) is 1.73. The topological polar surface area (TPSA) is 67.9 Å². The smallest absolute Gasteiger partial charge is 0.255 e. The van der Waals surface area contributed by atoms with Gasteiger partial charge in [-0.05, 0) is 48.5 Å². The van der Waals surface area contributed by atoms with Gasteiger partial charge in [0.05, 0.1) is 6.54 Å². The molecule has 1 N–H and O–H groups in total. The highest BCUT2D eigenvalue weighted by atomic mass is 16.6. The predicted molar refractivity (Wildman–Crippen MR) is 114 cm³/mol. The fraction of sp³-hybridized carbons (Fsp3) is 0.167. The van der Waals surface area contributed by atoms with E-state index in [0.717, 1.165) is 5.75 Å². The van der Waals surface area contributed by atoms with E-state index in [2.05, 4.69) is 5.32 Å². The van der Waals surface area contributed by atoms with E-state index >= 15 is 0 Å². The number of carbonyl (C=O) groups is 2. The molecular formula is C24H22N2O4. The van der Waals surface area contributed by atoms with Crippen LogP contribution in [0.5, 0.6) is 11.5 Å². The molecule has 0 bridgehead atoms. The van der Waals surface area contributed by atoms with Gasteiger partial charge in [0.2, 0.25) is 0 Å². The molecule has 0 unspecified atom stereocenters. The van der Waals surface area contributed by atoms with Crippen LogP contribution in [0.4, 0.5) is 5.69 Å². The van der Waals surface area contributed by atoms with Crippen molar-refractivity contribution < 1.29 is 19.1 Å². The van der Waals surface area contributed by atoms with E-state index in [4.69, 9.17) is 9.47 Å². The van der Waals surface area contributed by atoms with Crippen molar-refractivity contribution in [3.63, 3.8) is 0 Å². The average Bonchev–Trinajstić information content (AvgIpc) is 2.79. The fourth-order valence-electron chi connectivity index (χ4n) is 3.25. The van der Waals surface area contributed by atoms with Crippen LogP contribution in [0.25, 0.3) is 0 Å². The van der Waals surface area contributed by atoms with Crippen molar-refractivity contribution in [1.82, 2.24) is 4.90 Å². The van der Waals surface area contributed by atoms with Gasteiger partial charge in [0, 0.05) is 23.9 Å². The molecule has 0 fully saturated rings. The maximum absolute atomic E-state index is 12.8. The van der Waals surface area contributed by atoms with Gasteiger partial charge in [0.25, 0.3) is 11.8 Å². The molecule has 3 aromatic rings. The Bertz CT molecular complexity index is 1030. The summed E-state index contributed by atoms with van der Waals surface area (Å²) in [6, 6.07) is 23.3. The monoisotopic (exact) mass is 402 g/mol. The lowest BCUT2D eigenvalue weighted by Gasteiger charge is -2.29. The van der Waals surface area contributed by atoms with Gasteiger partial charge in [-0.15, -0.1) is 0 Å². The second-order valence-electron chi connectivity index (χ2n) is 7.08. The molecule has 1 heterocycles. The first-order chi connectivity index (χ1) is 14.6. The Kier molecular flexibility index (Phi) is 5.66. The van der Waals surface area contributed by atoms with Crippen LogP contribution in [0, 0.1) is 0 Å². The van der Waals surface area contributed by atoms with Gasteiger partial charge in [-0.1, -0.05) is 30.3 Å². The minimum atomic E-state index is -0.238. The number of fused-ring (bicyclic) bond motifs is 1. The lowest BCUT2D eigenvalue weighted by molar-refractivity contribution is 0.0521. The summed E-state index contributed by atoms with van der Waals surface area (Å²) in [5.41, 5.74) is 1.74. The van der Waals surface area contributed by atoms with E-state index in [1.54, 1.807) is 48.3 Å². The molecule has 1 aliphatic rings. The van der Waals surface area contributed by atoms with Crippen LogP contribution in [-0.2, 0) is 0 Å². The molecule has 1 atom stereocenters. The minimum Gasteiger partial charge on any atom is -0.486 e. The zero-order valence-corrected chi connectivity index (χ0v) is 16.6. The third-order valence-electron chi connectivity index (χ3n) is 4.82. The molecule has 1 aliphatic heterocycles. The van der Waals surface area contributed by atoms with Gasteiger partial charge in [-0.25, -0.2) is 0 Å². The molecule has 0 spiro atoms. The number of hydrogen-bond donors (Lipinski definition) is 1. The highest BCUT2D eigenvalue weighted by molar-refractivity contribution is 6.04. The summed E-state index contributed by atoms with van der Waals surface area (Å²) >= 11 is 0. The molecule has 0 radical (unpaired) electrons. The number of carbonyl (C=O) groups excluding carboxylic acids is 2. The molecule has 6 nitrogen and oxygen atoms in total. The first-order valence-corrected chi connectivity index (χ1v) is 9.70. The number of nitrogens with one attached hydrogen (secondary N) is 1. The van der Waals surface area contributed by atoms with Gasteiger partial charge in [-0.3, -0.25) is 9.59 Å². The summed E-state index contributed by atoms with van der Waals surface area (Å²) in [4.78, 5) is 26.6. The van der Waals surface area contributed by atoms with Gasteiger partial charge in [-0.2, -0.15) is 0 Å². The number of amides is 2. The van der Waals surface area contributed by atoms with Gasteiger partial charge >= 0.3 is 0 Å². The normalized spacial score (nSPS) is 14.6. The van der Waals surface area contributed by atoms with Crippen molar-refractivity contribution in [3.8, 4) is 11.5 Å². The van der Waals surface area contributed by atoms with Crippen LogP contribution in [0.3, 0.4) is 0 Å². The highest BCUT2D eigenvalue weighted by Gasteiger charge is 2.24. The number of anilines is 1. The van der Waals surface area contributed by atoms with E-state index in [0.29, 0.717) is 35.7 Å². The van der Waals surface area contributed by atoms with Crippen LogP contribution in [0.1, 0.15) is 20.7 Å². The van der Waals surface area contributed by atoms with Crippen molar-refractivity contribution >= 4 is 17.5 Å². The quantitative estimate of drug-likeness (QED) is 0.704. The van der Waals surface area contributed by atoms with Crippen molar-refractivity contribution in [2.24, 2.45) is 0 Å². The maximum atomic E-state index is 12.8. The largest absolute Gasteiger partial charge is 0.486 e. The van der Waals surface area contributed by atoms with Crippen molar-refractivity contribution in [2.45, 2.75) is 6.10 Å². The second kappa shape index (κ2) is 8.69. The molecule has 152 valence electrons. The Morgan fingerprint density at radius 3 is 2.30 bits per heavy atom. The van der Waals surface area contributed by atoms with Crippen LogP contribution in [0.15, 0.2) is 78.9 Å². The molecule has 0 saturated heterocycles. The molecule has 3 aromatic carbocycles. The number of ether oxygens (including phenoxy) is 2. The average molecular weight is 402 g/mol. The van der Waals surface area contributed by atoms with Crippen molar-refractivity contribution in [1.29, 1.82) is 0 Å². The van der Waals surface area contributed by atoms with Gasteiger partial charge < -0.3 is 19.7 Å². The van der Waals surface area contributed by atoms with Crippen LogP contribution < -0.4 is 14.8 Å². The summed E-state index contributed by atoms with van der Waals surface area (Å²) in [6.07, 6.45) is -0.238. The zero-order chi connectivity index (χ0) is 20.9. The number of benzene rings is 3. The van der Waals surface area contributed by atoms with Crippen LogP contribution in [-0.4, -0.2) is 43.0 Å². The molecule has 4 rings (SSSR count). The Labute approximate surface area is 175 Å². The van der Waals surface area contributed by atoms with E-state index in [9.17, 15) is 9.59 Å². The van der Waals surface area contributed by atoms with Crippen LogP contribution in [0.2, 0.25) is 0 Å². The molecule has 0 saturated carbocycles. The summed E-state index contributed by atoms with van der Waals surface area (Å²) in [5, 5.41) is 2.83. The van der Waals surface area contributed by atoms with E-state index in [-0.39, 0.29) is 17.9 Å². The lowest BCUT2D eigenvalue weighted by atomic mass is 10.1. The molecule has 2 amide bonds. The van der Waals surface area contributed by atoms with E-state index in [1.807, 2.05) is 42.5 Å². The second-order valence-corrected chi connectivity index (χ2v) is 7.08. The number of likely N-dealkylation sites (N-methyl/N-ethyl adjacent to an activating group) is 1. The number of hydrogen-bond acceptors (Lipinski definition) is 4.